The second-order valence-electron chi connectivity index (χ2n) is 4.08. The molecule has 5 nitrogen and oxygen atoms in total. The summed E-state index contributed by atoms with van der Waals surface area (Å²) in [6, 6.07) is 1.99. The van der Waals surface area contributed by atoms with Crippen molar-refractivity contribution in [2.75, 3.05) is 18.5 Å². The minimum absolute atomic E-state index is 0.120. The van der Waals surface area contributed by atoms with Crippen LogP contribution in [0.25, 0.3) is 0 Å². The highest BCUT2D eigenvalue weighted by Gasteiger charge is 2.25. The highest BCUT2D eigenvalue weighted by atomic mass is 16.3. The number of nitrogens with zero attached hydrogens (tertiary/aromatic N) is 3. The van der Waals surface area contributed by atoms with Gasteiger partial charge in [0.05, 0.1) is 6.61 Å². The van der Waals surface area contributed by atoms with E-state index < -0.39 is 0 Å². The molecule has 0 aromatic carbocycles. The van der Waals surface area contributed by atoms with Crippen molar-refractivity contribution >= 4 is 5.82 Å². The van der Waals surface area contributed by atoms with Gasteiger partial charge in [-0.2, -0.15) is 5.26 Å². The van der Waals surface area contributed by atoms with Gasteiger partial charge in [0, 0.05) is 24.4 Å². The van der Waals surface area contributed by atoms with Crippen molar-refractivity contribution in [1.29, 1.82) is 5.26 Å². The van der Waals surface area contributed by atoms with Crippen LogP contribution in [0.2, 0.25) is 0 Å². The molecule has 2 N–H and O–H groups in total. The fraction of sp³-hybridized carbons (Fsp3) is 0.583. The summed E-state index contributed by atoms with van der Waals surface area (Å²) in [4.78, 5) is 8.00. The van der Waals surface area contributed by atoms with E-state index in [1.165, 1.54) is 6.20 Å². The third-order valence-electron chi connectivity index (χ3n) is 3.27. The van der Waals surface area contributed by atoms with E-state index in [-0.39, 0.29) is 17.7 Å². The summed E-state index contributed by atoms with van der Waals surface area (Å²) in [6.45, 7) is 4.80. The summed E-state index contributed by atoms with van der Waals surface area (Å²) in [5, 5.41) is 21.4. The van der Waals surface area contributed by atoms with Gasteiger partial charge >= 0.3 is 0 Å². The largest absolute Gasteiger partial charge is 0.396 e. The van der Waals surface area contributed by atoms with Crippen molar-refractivity contribution in [3.63, 3.8) is 0 Å². The Morgan fingerprint density at radius 2 is 2.00 bits per heavy atom. The second-order valence-corrected chi connectivity index (χ2v) is 4.08. The van der Waals surface area contributed by atoms with Crippen LogP contribution in [-0.2, 0) is 0 Å². The number of hydrogen-bond acceptors (Lipinski definition) is 5. The van der Waals surface area contributed by atoms with Crippen LogP contribution in [0, 0.1) is 16.7 Å². The molecule has 5 heteroatoms. The van der Waals surface area contributed by atoms with Crippen molar-refractivity contribution in [1.82, 2.24) is 9.97 Å². The summed E-state index contributed by atoms with van der Waals surface area (Å²) >= 11 is 0. The van der Waals surface area contributed by atoms with E-state index in [0.29, 0.717) is 12.4 Å². The van der Waals surface area contributed by atoms with E-state index >= 15 is 0 Å². The summed E-state index contributed by atoms with van der Waals surface area (Å²) in [7, 11) is 0. The molecule has 0 radical (unpaired) electrons. The number of rotatable bonds is 6. The standard InChI is InChI=1S/C12H18N4O/c1-3-12(4-2,9-17)8-16-11-10(7-13)14-5-6-15-11/h5-6,17H,3-4,8-9H2,1-2H3,(H,15,16). The lowest BCUT2D eigenvalue weighted by atomic mass is 9.83. The highest BCUT2D eigenvalue weighted by molar-refractivity contribution is 5.46. The van der Waals surface area contributed by atoms with E-state index in [0.717, 1.165) is 12.8 Å². The first-order chi connectivity index (χ1) is 8.21. The Morgan fingerprint density at radius 3 is 2.53 bits per heavy atom. The molecule has 0 bridgehead atoms. The van der Waals surface area contributed by atoms with Crippen LogP contribution in [0.15, 0.2) is 12.4 Å². The Morgan fingerprint density at radius 1 is 1.35 bits per heavy atom. The molecule has 0 aliphatic rings. The number of nitriles is 1. The quantitative estimate of drug-likeness (QED) is 0.780. The number of anilines is 1. The molecule has 0 saturated heterocycles. The van der Waals surface area contributed by atoms with Gasteiger partial charge in [0.1, 0.15) is 6.07 Å². The topological polar surface area (TPSA) is 81.8 Å². The Labute approximate surface area is 102 Å². The molecular weight excluding hydrogens is 216 g/mol. The molecule has 0 atom stereocenters. The lowest BCUT2D eigenvalue weighted by Crippen LogP contribution is -2.32. The number of nitrogens with one attached hydrogen (secondary N) is 1. The van der Waals surface area contributed by atoms with Crippen LogP contribution in [0.5, 0.6) is 0 Å². The molecule has 0 aliphatic carbocycles. The summed E-state index contributed by atoms with van der Waals surface area (Å²) in [5.41, 5.74) is 0.121. The summed E-state index contributed by atoms with van der Waals surface area (Å²) in [6.07, 6.45) is 4.77. The minimum atomic E-state index is -0.162. The fourth-order valence-electron chi connectivity index (χ4n) is 1.60. The highest BCUT2D eigenvalue weighted by Crippen LogP contribution is 2.26. The first kappa shape index (κ1) is 13.4. The zero-order chi connectivity index (χ0) is 12.7. The van der Waals surface area contributed by atoms with E-state index in [4.69, 9.17) is 5.26 Å². The van der Waals surface area contributed by atoms with Crippen molar-refractivity contribution in [3.05, 3.63) is 18.1 Å². The molecule has 1 aromatic rings. The zero-order valence-electron chi connectivity index (χ0n) is 10.3. The van der Waals surface area contributed by atoms with Gasteiger partial charge in [-0.25, -0.2) is 9.97 Å². The predicted octanol–water partition coefficient (Wildman–Crippen LogP) is 1.56. The van der Waals surface area contributed by atoms with Crippen LogP contribution in [-0.4, -0.2) is 28.2 Å². The molecule has 1 rings (SSSR count). The predicted molar refractivity (Wildman–Crippen MR) is 65.3 cm³/mol. The fourth-order valence-corrected chi connectivity index (χ4v) is 1.60. The van der Waals surface area contributed by atoms with Gasteiger partial charge in [0.15, 0.2) is 11.5 Å². The van der Waals surface area contributed by atoms with Crippen molar-refractivity contribution in [3.8, 4) is 6.07 Å². The Hall–Kier alpha value is -1.67. The van der Waals surface area contributed by atoms with E-state index in [2.05, 4.69) is 15.3 Å². The Balaban J connectivity index is 2.76. The molecule has 92 valence electrons. The normalized spacial score (nSPS) is 10.9. The zero-order valence-corrected chi connectivity index (χ0v) is 10.3. The third-order valence-corrected chi connectivity index (χ3v) is 3.27. The van der Waals surface area contributed by atoms with Gasteiger partial charge in [0.25, 0.3) is 0 Å². The van der Waals surface area contributed by atoms with Crippen LogP contribution in [0.1, 0.15) is 32.4 Å². The number of hydrogen-bond donors (Lipinski definition) is 2. The third kappa shape index (κ3) is 3.14. The van der Waals surface area contributed by atoms with E-state index in [9.17, 15) is 5.11 Å². The molecule has 17 heavy (non-hydrogen) atoms. The number of aliphatic hydroxyl groups excluding tert-OH is 1. The average molecular weight is 234 g/mol. The molecule has 0 aliphatic heterocycles. The van der Waals surface area contributed by atoms with Crippen molar-refractivity contribution < 1.29 is 5.11 Å². The molecular formula is C12H18N4O. The minimum Gasteiger partial charge on any atom is -0.396 e. The van der Waals surface area contributed by atoms with Crippen molar-refractivity contribution in [2.24, 2.45) is 5.41 Å². The lowest BCUT2D eigenvalue weighted by molar-refractivity contribution is 0.127. The first-order valence-corrected chi connectivity index (χ1v) is 5.77. The molecule has 0 amide bonds. The van der Waals surface area contributed by atoms with Gasteiger partial charge in [0.2, 0.25) is 0 Å². The molecule has 0 saturated carbocycles. The lowest BCUT2D eigenvalue weighted by Gasteiger charge is -2.29. The smallest absolute Gasteiger partial charge is 0.182 e. The summed E-state index contributed by atoms with van der Waals surface area (Å²) in [5.74, 6) is 0.481. The maximum atomic E-state index is 9.44. The van der Waals surface area contributed by atoms with Crippen LogP contribution in [0.4, 0.5) is 5.82 Å². The Kier molecular flexibility index (Phi) is 4.85. The molecule has 0 fully saturated rings. The van der Waals surface area contributed by atoms with Crippen LogP contribution in [0.3, 0.4) is 0 Å². The maximum absolute atomic E-state index is 9.44. The monoisotopic (exact) mass is 234 g/mol. The van der Waals surface area contributed by atoms with Gasteiger partial charge in [-0.15, -0.1) is 0 Å². The first-order valence-electron chi connectivity index (χ1n) is 5.77. The average Bonchev–Trinajstić information content (AvgIpc) is 2.41. The van der Waals surface area contributed by atoms with E-state index in [1.807, 2.05) is 19.9 Å². The molecule has 1 aromatic heterocycles. The summed E-state index contributed by atoms with van der Waals surface area (Å²) < 4.78 is 0. The molecule has 0 spiro atoms. The second kappa shape index (κ2) is 6.16. The number of aliphatic hydroxyl groups is 1. The molecule has 1 heterocycles. The Bertz CT molecular complexity index is 387. The van der Waals surface area contributed by atoms with Crippen LogP contribution < -0.4 is 5.32 Å². The van der Waals surface area contributed by atoms with Gasteiger partial charge in [-0.05, 0) is 12.8 Å². The number of aromatic nitrogens is 2. The van der Waals surface area contributed by atoms with Crippen LogP contribution >= 0.6 is 0 Å². The van der Waals surface area contributed by atoms with E-state index in [1.54, 1.807) is 6.20 Å². The van der Waals surface area contributed by atoms with Gasteiger partial charge in [-0.3, -0.25) is 0 Å². The van der Waals surface area contributed by atoms with Gasteiger partial charge in [-0.1, -0.05) is 13.8 Å². The molecule has 0 unspecified atom stereocenters. The van der Waals surface area contributed by atoms with Crippen molar-refractivity contribution in [2.45, 2.75) is 26.7 Å². The maximum Gasteiger partial charge on any atom is 0.182 e. The van der Waals surface area contributed by atoms with Gasteiger partial charge < -0.3 is 10.4 Å². The SMILES string of the molecule is CCC(CC)(CO)CNc1nccnc1C#N.